The number of rotatable bonds is 8. The number of carbonyl (C=O) groups excluding carboxylic acids is 3. The molecule has 9 nitrogen and oxygen atoms in total. The Morgan fingerprint density at radius 1 is 1.02 bits per heavy atom. The maximum atomic E-state index is 14.3. The zero-order valence-electron chi connectivity index (χ0n) is 23.7. The molecule has 3 amide bonds. The van der Waals surface area contributed by atoms with E-state index < -0.39 is 29.6 Å². The largest absolute Gasteiger partial charge is 0.497 e. The molecule has 3 aliphatic heterocycles. The molecule has 4 aliphatic rings. The Morgan fingerprint density at radius 3 is 2.51 bits per heavy atom. The van der Waals surface area contributed by atoms with E-state index in [4.69, 9.17) is 14.2 Å². The summed E-state index contributed by atoms with van der Waals surface area (Å²) in [6.07, 6.45) is 7.25. The summed E-state index contributed by atoms with van der Waals surface area (Å²) in [7, 11) is 3.15. The molecule has 1 saturated carbocycles. The van der Waals surface area contributed by atoms with Gasteiger partial charge in [0.05, 0.1) is 32.2 Å². The van der Waals surface area contributed by atoms with Gasteiger partial charge >= 0.3 is 0 Å². The minimum Gasteiger partial charge on any atom is -0.497 e. The molecule has 9 heteroatoms. The molecule has 1 aliphatic carbocycles. The molecule has 6 rings (SSSR count). The van der Waals surface area contributed by atoms with Gasteiger partial charge < -0.3 is 29.7 Å². The fraction of sp³-hybridized carbons (Fsp3) is 0.469. The fourth-order valence-corrected chi connectivity index (χ4v) is 7.12. The first-order valence-electron chi connectivity index (χ1n) is 14.4. The molecule has 0 radical (unpaired) electrons. The zero-order valence-corrected chi connectivity index (χ0v) is 23.7. The van der Waals surface area contributed by atoms with Crippen molar-refractivity contribution < 1.29 is 28.6 Å². The number of likely N-dealkylation sites (tertiary alicyclic amines) is 1. The highest BCUT2D eigenvalue weighted by Gasteiger charge is 2.72. The number of amides is 3. The molecule has 1 spiro atoms. The predicted octanol–water partition coefficient (Wildman–Crippen LogP) is 3.69. The van der Waals surface area contributed by atoms with Gasteiger partial charge in [0.2, 0.25) is 17.7 Å². The molecular weight excluding hydrogens is 522 g/mol. The van der Waals surface area contributed by atoms with Crippen LogP contribution in [0.2, 0.25) is 0 Å². The first-order chi connectivity index (χ1) is 19.8. The van der Waals surface area contributed by atoms with Gasteiger partial charge in [-0.2, -0.15) is 0 Å². The van der Waals surface area contributed by atoms with Crippen LogP contribution in [0, 0.1) is 17.8 Å². The van der Waals surface area contributed by atoms with E-state index in [0.29, 0.717) is 23.1 Å². The van der Waals surface area contributed by atoms with Crippen molar-refractivity contribution in [3.8, 4) is 11.5 Å². The number of hydrogen-bond acceptors (Lipinski definition) is 6. The van der Waals surface area contributed by atoms with Gasteiger partial charge in [-0.15, -0.1) is 0 Å². The molecule has 2 N–H and O–H groups in total. The molecule has 216 valence electrons. The van der Waals surface area contributed by atoms with Crippen LogP contribution in [0.3, 0.4) is 0 Å². The van der Waals surface area contributed by atoms with Gasteiger partial charge in [-0.25, -0.2) is 0 Å². The van der Waals surface area contributed by atoms with Crippen molar-refractivity contribution in [2.45, 2.75) is 62.9 Å². The smallest absolute Gasteiger partial charge is 0.246 e. The van der Waals surface area contributed by atoms with Gasteiger partial charge in [-0.1, -0.05) is 50.1 Å². The summed E-state index contributed by atoms with van der Waals surface area (Å²) in [4.78, 5) is 43.7. The van der Waals surface area contributed by atoms with Crippen molar-refractivity contribution in [2.75, 3.05) is 19.5 Å². The topological polar surface area (TPSA) is 106 Å². The highest BCUT2D eigenvalue weighted by atomic mass is 16.5. The molecule has 2 saturated heterocycles. The third-order valence-electron chi connectivity index (χ3n) is 9.19. The highest BCUT2D eigenvalue weighted by molar-refractivity contribution is 6.02. The first-order valence-corrected chi connectivity index (χ1v) is 14.4. The fourth-order valence-electron chi connectivity index (χ4n) is 7.12. The van der Waals surface area contributed by atoms with Gasteiger partial charge in [0.25, 0.3) is 0 Å². The van der Waals surface area contributed by atoms with Crippen LogP contribution in [0.15, 0.2) is 60.7 Å². The number of fused-ring (bicyclic) bond motifs is 1. The number of carbonyl (C=O) groups is 3. The predicted molar refractivity (Wildman–Crippen MR) is 152 cm³/mol. The highest BCUT2D eigenvalue weighted by Crippen LogP contribution is 2.55. The lowest BCUT2D eigenvalue weighted by molar-refractivity contribution is -0.142. The summed E-state index contributed by atoms with van der Waals surface area (Å²) in [5.41, 5.74) is 0.169. The van der Waals surface area contributed by atoms with Crippen molar-refractivity contribution in [1.82, 2.24) is 10.2 Å². The van der Waals surface area contributed by atoms with E-state index in [9.17, 15) is 14.4 Å². The SMILES string of the molecule is COc1cccc(CN2C(=O)C3C(C(=O)Nc4cccc(OC)c4)C4C=CC3(O4)C2C(=O)NC2CCCCC2C)c1. The van der Waals surface area contributed by atoms with Crippen LogP contribution in [0.1, 0.15) is 38.2 Å². The molecule has 3 fully saturated rings. The van der Waals surface area contributed by atoms with Crippen LogP contribution in [-0.2, 0) is 25.7 Å². The molecule has 7 atom stereocenters. The molecule has 0 aromatic heterocycles. The van der Waals surface area contributed by atoms with Gasteiger partial charge in [0, 0.05) is 24.3 Å². The van der Waals surface area contributed by atoms with Gasteiger partial charge in [-0.3, -0.25) is 14.4 Å². The second-order valence-electron chi connectivity index (χ2n) is 11.6. The molecule has 7 unspecified atom stereocenters. The van der Waals surface area contributed by atoms with Crippen molar-refractivity contribution >= 4 is 23.4 Å². The van der Waals surface area contributed by atoms with Gasteiger partial charge in [0.1, 0.15) is 23.1 Å². The average Bonchev–Trinajstić information content (AvgIpc) is 3.62. The van der Waals surface area contributed by atoms with Crippen LogP contribution in [-0.4, -0.2) is 60.6 Å². The van der Waals surface area contributed by atoms with Crippen LogP contribution in [0.25, 0.3) is 0 Å². The Labute approximate surface area is 240 Å². The van der Waals surface area contributed by atoms with E-state index in [2.05, 4.69) is 17.6 Å². The van der Waals surface area contributed by atoms with Gasteiger partial charge in [0.15, 0.2) is 0 Å². The molecule has 2 aromatic rings. The molecule has 41 heavy (non-hydrogen) atoms. The summed E-state index contributed by atoms with van der Waals surface area (Å²) in [5, 5.41) is 6.22. The Balaban J connectivity index is 1.33. The van der Waals surface area contributed by atoms with E-state index >= 15 is 0 Å². The standard InChI is InChI=1S/C32H37N3O6/c1-19-8-4-5-13-24(19)34-30(37)28-32-15-14-25(41-32)26(29(36)33-21-10-7-12-23(17-21)40-3)27(32)31(38)35(28)18-20-9-6-11-22(16-20)39-2/h6-7,9-12,14-17,19,24-28H,4-5,8,13,18H2,1-3H3,(H,33,36)(H,34,37). The lowest BCUT2D eigenvalue weighted by Crippen LogP contribution is -2.57. The second kappa shape index (κ2) is 10.9. The van der Waals surface area contributed by atoms with Crippen LogP contribution >= 0.6 is 0 Å². The Kier molecular flexibility index (Phi) is 7.23. The zero-order chi connectivity index (χ0) is 28.7. The third kappa shape index (κ3) is 4.76. The van der Waals surface area contributed by atoms with Crippen LogP contribution in [0.5, 0.6) is 11.5 Å². The molecule has 2 aromatic carbocycles. The van der Waals surface area contributed by atoms with E-state index in [1.807, 2.05) is 36.4 Å². The minimum absolute atomic E-state index is 0.0372. The number of nitrogens with zero attached hydrogens (tertiary/aromatic N) is 1. The van der Waals surface area contributed by atoms with E-state index in [0.717, 1.165) is 31.2 Å². The lowest BCUT2D eigenvalue weighted by atomic mass is 9.74. The summed E-state index contributed by atoms with van der Waals surface area (Å²) in [6, 6.07) is 13.7. The number of anilines is 1. The maximum absolute atomic E-state index is 14.3. The second-order valence-corrected chi connectivity index (χ2v) is 11.6. The first kappa shape index (κ1) is 27.3. The van der Waals surface area contributed by atoms with Crippen LogP contribution in [0.4, 0.5) is 5.69 Å². The Bertz CT molecular complexity index is 1380. The van der Waals surface area contributed by atoms with Gasteiger partial charge in [-0.05, 0) is 48.6 Å². The Hall–Kier alpha value is -3.85. The van der Waals surface area contributed by atoms with E-state index in [-0.39, 0.29) is 30.3 Å². The monoisotopic (exact) mass is 559 g/mol. The minimum atomic E-state index is -1.22. The molecular formula is C32H37N3O6. The quantitative estimate of drug-likeness (QED) is 0.478. The van der Waals surface area contributed by atoms with E-state index in [1.54, 1.807) is 43.4 Å². The summed E-state index contributed by atoms with van der Waals surface area (Å²) >= 11 is 0. The van der Waals surface area contributed by atoms with E-state index in [1.165, 1.54) is 0 Å². The Morgan fingerprint density at radius 2 is 1.76 bits per heavy atom. The summed E-state index contributed by atoms with van der Waals surface area (Å²) in [6.45, 7) is 2.36. The van der Waals surface area contributed by atoms with Crippen LogP contribution < -0.4 is 20.1 Å². The number of benzene rings is 2. The van der Waals surface area contributed by atoms with Crippen molar-refractivity contribution in [2.24, 2.45) is 17.8 Å². The van der Waals surface area contributed by atoms with Crippen molar-refractivity contribution in [3.05, 3.63) is 66.2 Å². The van der Waals surface area contributed by atoms with Crippen molar-refractivity contribution in [3.63, 3.8) is 0 Å². The number of hydrogen-bond donors (Lipinski definition) is 2. The molecule has 3 heterocycles. The summed E-state index contributed by atoms with van der Waals surface area (Å²) in [5.74, 6) is -0.801. The maximum Gasteiger partial charge on any atom is 0.246 e. The normalized spacial score (nSPS) is 31.6. The number of ether oxygens (including phenoxy) is 3. The number of nitrogens with one attached hydrogen (secondary N) is 2. The summed E-state index contributed by atoms with van der Waals surface area (Å²) < 4.78 is 17.2. The number of methoxy groups -OCH3 is 2. The average molecular weight is 560 g/mol. The van der Waals surface area contributed by atoms with Crippen molar-refractivity contribution in [1.29, 1.82) is 0 Å². The lowest BCUT2D eigenvalue weighted by Gasteiger charge is -2.36. The third-order valence-corrected chi connectivity index (χ3v) is 9.19. The molecule has 2 bridgehead atoms.